The Hall–Kier alpha value is 0.220. The van der Waals surface area contributed by atoms with Crippen LogP contribution in [0.15, 0.2) is 12.2 Å². The lowest BCUT2D eigenvalue weighted by atomic mass is 9.85. The Morgan fingerprint density at radius 3 is 2.40 bits per heavy atom. The summed E-state index contributed by atoms with van der Waals surface area (Å²) < 4.78 is 0. The van der Waals surface area contributed by atoms with Crippen molar-refractivity contribution < 1.29 is 0 Å². The predicted octanol–water partition coefficient (Wildman–Crippen LogP) is 3.52. The maximum absolute atomic E-state index is 4.05. The standard InChI is InChI=1S/C9H15Br/c1-8(7-10)9-5-3-2-4-6-9/h9H,1-7H2. The Bertz CT molecular complexity index is 112. The van der Waals surface area contributed by atoms with Crippen LogP contribution in [-0.4, -0.2) is 5.33 Å². The molecule has 1 aliphatic rings. The molecule has 1 heteroatoms. The maximum atomic E-state index is 4.05. The van der Waals surface area contributed by atoms with E-state index < -0.39 is 0 Å². The Morgan fingerprint density at radius 1 is 1.30 bits per heavy atom. The molecule has 0 bridgehead atoms. The highest BCUT2D eigenvalue weighted by Crippen LogP contribution is 2.29. The minimum Gasteiger partial charge on any atom is -0.0987 e. The van der Waals surface area contributed by atoms with E-state index in [9.17, 15) is 0 Å². The van der Waals surface area contributed by atoms with Crippen molar-refractivity contribution >= 4 is 15.9 Å². The molecule has 0 saturated heterocycles. The third-order valence-electron chi connectivity index (χ3n) is 2.35. The number of hydrogen-bond acceptors (Lipinski definition) is 0. The van der Waals surface area contributed by atoms with Crippen LogP contribution < -0.4 is 0 Å². The van der Waals surface area contributed by atoms with E-state index in [1.54, 1.807) is 0 Å². The second-order valence-electron chi connectivity index (χ2n) is 3.13. The van der Waals surface area contributed by atoms with Gasteiger partial charge in [-0.05, 0) is 18.8 Å². The highest BCUT2D eigenvalue weighted by atomic mass is 79.9. The molecule has 0 radical (unpaired) electrons. The number of hydrogen-bond donors (Lipinski definition) is 0. The second-order valence-corrected chi connectivity index (χ2v) is 3.69. The van der Waals surface area contributed by atoms with Crippen molar-refractivity contribution in [2.75, 3.05) is 5.33 Å². The molecule has 0 unspecified atom stereocenters. The maximum Gasteiger partial charge on any atom is 0.0241 e. The quantitative estimate of drug-likeness (QED) is 0.475. The highest BCUT2D eigenvalue weighted by molar-refractivity contribution is 9.09. The first-order valence-electron chi connectivity index (χ1n) is 4.08. The van der Waals surface area contributed by atoms with E-state index in [4.69, 9.17) is 0 Å². The fourth-order valence-corrected chi connectivity index (χ4v) is 2.08. The van der Waals surface area contributed by atoms with Gasteiger partial charge in [0, 0.05) is 5.33 Å². The van der Waals surface area contributed by atoms with Crippen LogP contribution >= 0.6 is 15.9 Å². The molecule has 0 aromatic rings. The van der Waals surface area contributed by atoms with Crippen LogP contribution in [0.4, 0.5) is 0 Å². The zero-order valence-corrected chi connectivity index (χ0v) is 7.99. The Balaban J connectivity index is 2.31. The van der Waals surface area contributed by atoms with Crippen LogP contribution in [0.3, 0.4) is 0 Å². The molecule has 0 amide bonds. The van der Waals surface area contributed by atoms with E-state index in [2.05, 4.69) is 22.5 Å². The van der Waals surface area contributed by atoms with Gasteiger partial charge in [0.25, 0.3) is 0 Å². The van der Waals surface area contributed by atoms with Crippen molar-refractivity contribution in [3.63, 3.8) is 0 Å². The smallest absolute Gasteiger partial charge is 0.0241 e. The van der Waals surface area contributed by atoms with Crippen molar-refractivity contribution in [2.24, 2.45) is 5.92 Å². The average Bonchev–Trinajstić information content (AvgIpc) is 2.05. The van der Waals surface area contributed by atoms with Gasteiger partial charge in [-0.2, -0.15) is 0 Å². The summed E-state index contributed by atoms with van der Waals surface area (Å²) in [6.07, 6.45) is 7.02. The predicted molar refractivity (Wildman–Crippen MR) is 49.5 cm³/mol. The first-order chi connectivity index (χ1) is 4.84. The first kappa shape index (κ1) is 8.32. The van der Waals surface area contributed by atoms with Gasteiger partial charge >= 0.3 is 0 Å². The van der Waals surface area contributed by atoms with Crippen LogP contribution in [0.1, 0.15) is 32.1 Å². The molecule has 0 N–H and O–H groups in total. The SMILES string of the molecule is C=C(CBr)C1CCCCC1. The Kier molecular flexibility index (Phi) is 3.47. The molecule has 0 atom stereocenters. The number of allylic oxidation sites excluding steroid dienone is 1. The lowest BCUT2D eigenvalue weighted by molar-refractivity contribution is 0.405. The Morgan fingerprint density at radius 2 is 1.90 bits per heavy atom. The average molecular weight is 203 g/mol. The van der Waals surface area contributed by atoms with Crippen molar-refractivity contribution in [2.45, 2.75) is 32.1 Å². The highest BCUT2D eigenvalue weighted by Gasteiger charge is 2.14. The molecule has 0 nitrogen and oxygen atoms in total. The molecule has 10 heavy (non-hydrogen) atoms. The largest absolute Gasteiger partial charge is 0.0987 e. The van der Waals surface area contributed by atoms with Gasteiger partial charge < -0.3 is 0 Å². The van der Waals surface area contributed by atoms with E-state index in [1.165, 1.54) is 37.7 Å². The topological polar surface area (TPSA) is 0 Å². The number of halogens is 1. The van der Waals surface area contributed by atoms with Gasteiger partial charge in [-0.15, -0.1) is 0 Å². The minimum absolute atomic E-state index is 0.827. The summed E-state index contributed by atoms with van der Waals surface area (Å²) in [6, 6.07) is 0. The molecule has 0 spiro atoms. The number of alkyl halides is 1. The fraction of sp³-hybridized carbons (Fsp3) is 0.778. The molecule has 1 fully saturated rings. The van der Waals surface area contributed by atoms with Crippen LogP contribution in [0.5, 0.6) is 0 Å². The summed E-state index contributed by atoms with van der Waals surface area (Å²) >= 11 is 3.45. The minimum atomic E-state index is 0.827. The van der Waals surface area contributed by atoms with Crippen molar-refractivity contribution in [1.82, 2.24) is 0 Å². The number of rotatable bonds is 2. The van der Waals surface area contributed by atoms with Gasteiger partial charge in [0.1, 0.15) is 0 Å². The molecule has 58 valence electrons. The monoisotopic (exact) mass is 202 g/mol. The molecular formula is C9H15Br. The molecule has 1 rings (SSSR count). The fourth-order valence-electron chi connectivity index (χ4n) is 1.62. The summed E-state index contributed by atoms with van der Waals surface area (Å²) in [4.78, 5) is 0. The van der Waals surface area contributed by atoms with E-state index in [0.717, 1.165) is 11.2 Å². The molecule has 0 aromatic heterocycles. The normalized spacial score (nSPS) is 20.9. The Labute approximate surface area is 71.8 Å². The van der Waals surface area contributed by atoms with Gasteiger partial charge in [0.2, 0.25) is 0 Å². The van der Waals surface area contributed by atoms with Crippen molar-refractivity contribution in [3.8, 4) is 0 Å². The summed E-state index contributed by atoms with van der Waals surface area (Å²) in [5.41, 5.74) is 1.40. The van der Waals surface area contributed by atoms with Gasteiger partial charge in [-0.3, -0.25) is 0 Å². The van der Waals surface area contributed by atoms with Crippen LogP contribution in [0, 0.1) is 5.92 Å². The molecular weight excluding hydrogens is 188 g/mol. The van der Waals surface area contributed by atoms with E-state index in [0.29, 0.717) is 0 Å². The molecule has 1 aliphatic carbocycles. The van der Waals surface area contributed by atoms with Gasteiger partial charge in [-0.25, -0.2) is 0 Å². The zero-order valence-electron chi connectivity index (χ0n) is 6.41. The second kappa shape index (κ2) is 4.17. The van der Waals surface area contributed by atoms with Crippen LogP contribution in [0.2, 0.25) is 0 Å². The van der Waals surface area contributed by atoms with Gasteiger partial charge in [0.15, 0.2) is 0 Å². The van der Waals surface area contributed by atoms with Gasteiger partial charge in [0.05, 0.1) is 0 Å². The lowest BCUT2D eigenvalue weighted by Gasteiger charge is -2.22. The summed E-state index contributed by atoms with van der Waals surface area (Å²) in [7, 11) is 0. The lowest BCUT2D eigenvalue weighted by Crippen LogP contribution is -2.08. The van der Waals surface area contributed by atoms with E-state index >= 15 is 0 Å². The van der Waals surface area contributed by atoms with Crippen LogP contribution in [0.25, 0.3) is 0 Å². The van der Waals surface area contributed by atoms with Gasteiger partial charge in [-0.1, -0.05) is 47.3 Å². The third-order valence-corrected chi connectivity index (χ3v) is 3.07. The summed E-state index contributed by atoms with van der Waals surface area (Å²) in [5.74, 6) is 0.827. The molecule has 1 saturated carbocycles. The van der Waals surface area contributed by atoms with Crippen molar-refractivity contribution in [1.29, 1.82) is 0 Å². The molecule has 0 aliphatic heterocycles. The summed E-state index contributed by atoms with van der Waals surface area (Å²) in [5, 5.41) is 0.998. The zero-order chi connectivity index (χ0) is 7.40. The van der Waals surface area contributed by atoms with E-state index in [1.807, 2.05) is 0 Å². The summed E-state index contributed by atoms with van der Waals surface area (Å²) in [6.45, 7) is 4.05. The molecule has 0 aromatic carbocycles. The van der Waals surface area contributed by atoms with E-state index in [-0.39, 0.29) is 0 Å². The van der Waals surface area contributed by atoms with Crippen LogP contribution in [-0.2, 0) is 0 Å². The third kappa shape index (κ3) is 2.12. The first-order valence-corrected chi connectivity index (χ1v) is 5.20. The van der Waals surface area contributed by atoms with Crippen molar-refractivity contribution in [3.05, 3.63) is 12.2 Å². The molecule has 0 heterocycles.